The number of hydrogen-bond donors (Lipinski definition) is 0. The molecule has 0 saturated heterocycles. The smallest absolute Gasteiger partial charge is 0.000740 e. The molecule has 0 fully saturated rings. The molecule has 0 bridgehead atoms. The average molecular weight is 629 g/mol. The van der Waals surface area contributed by atoms with Crippen molar-refractivity contribution in [1.82, 2.24) is 0 Å². The van der Waals surface area contributed by atoms with Crippen molar-refractivity contribution in [2.24, 2.45) is 0 Å². The van der Waals surface area contributed by atoms with Crippen molar-refractivity contribution in [2.45, 2.75) is 0 Å². The van der Waals surface area contributed by atoms with Crippen molar-refractivity contribution < 1.29 is 0 Å². The molecule has 0 saturated carbocycles. The van der Waals surface area contributed by atoms with Crippen molar-refractivity contribution >= 4 is 53.9 Å². The van der Waals surface area contributed by atoms with Gasteiger partial charge in [-0.3, -0.25) is 0 Å². The molecular weight excluding hydrogens is 601 g/mol. The van der Waals surface area contributed by atoms with Gasteiger partial charge in [0.15, 0.2) is 0 Å². The zero-order valence-electron chi connectivity index (χ0n) is 27.2. The van der Waals surface area contributed by atoms with E-state index in [0.717, 1.165) is 0 Å². The van der Waals surface area contributed by atoms with E-state index in [4.69, 9.17) is 0 Å². The van der Waals surface area contributed by atoms with Gasteiger partial charge in [0.2, 0.25) is 0 Å². The minimum Gasteiger partial charge on any atom is -0.0616 e. The van der Waals surface area contributed by atoms with Crippen LogP contribution in [0.1, 0.15) is 0 Å². The summed E-state index contributed by atoms with van der Waals surface area (Å²) in [6.07, 6.45) is 0. The van der Waals surface area contributed by atoms with Crippen LogP contribution in [0.2, 0.25) is 0 Å². The molecule has 0 nitrogen and oxygen atoms in total. The highest BCUT2D eigenvalue weighted by Crippen LogP contribution is 2.61. The van der Waals surface area contributed by atoms with Gasteiger partial charge in [0.05, 0.1) is 0 Å². The molecule has 0 heteroatoms. The first-order valence-electron chi connectivity index (χ1n) is 17.5. The maximum atomic E-state index is 2.45. The number of hydrogen-bond acceptors (Lipinski definition) is 0. The SMILES string of the molecule is c1ccc2c(c1)-c1ccc3c4c(ccc-2c14)-c1c-3c(-c2ccc3ccccc3c2)c2cc3ccccc3cc2c1-c1ccc2ccccc2c1. The normalized spacial score (nSPS) is 12.4. The Morgan fingerprint density at radius 3 is 1.04 bits per heavy atom. The van der Waals surface area contributed by atoms with Crippen LogP contribution in [0.5, 0.6) is 0 Å². The Hall–Kier alpha value is -6.50. The molecule has 50 heavy (non-hydrogen) atoms. The van der Waals surface area contributed by atoms with E-state index < -0.39 is 0 Å². The van der Waals surface area contributed by atoms with Crippen LogP contribution in [-0.4, -0.2) is 0 Å². The first-order chi connectivity index (χ1) is 24.8. The Balaban J connectivity index is 1.31. The summed E-state index contributed by atoms with van der Waals surface area (Å²) in [5, 5.41) is 12.9. The van der Waals surface area contributed by atoms with Gasteiger partial charge in [0.1, 0.15) is 0 Å². The van der Waals surface area contributed by atoms with Gasteiger partial charge in [0.25, 0.3) is 0 Å². The topological polar surface area (TPSA) is 0 Å². The summed E-state index contributed by atoms with van der Waals surface area (Å²) in [6.45, 7) is 0. The molecule has 0 atom stereocenters. The van der Waals surface area contributed by atoms with Gasteiger partial charge in [-0.15, -0.1) is 0 Å². The Bertz CT molecular complexity index is 2930. The fourth-order valence-electron chi connectivity index (χ4n) is 9.32. The van der Waals surface area contributed by atoms with Crippen molar-refractivity contribution in [2.75, 3.05) is 0 Å². The molecule has 0 spiro atoms. The first kappa shape index (κ1) is 26.5. The molecule has 0 aliphatic heterocycles. The summed E-state index contributed by atoms with van der Waals surface area (Å²) in [5.74, 6) is 0. The van der Waals surface area contributed by atoms with Crippen LogP contribution < -0.4 is 0 Å². The highest BCUT2D eigenvalue weighted by molar-refractivity contribution is 6.33. The lowest BCUT2D eigenvalue weighted by molar-refractivity contribution is 1.65. The Kier molecular flexibility index (Phi) is 5.06. The molecule has 10 aromatic rings. The molecule has 0 unspecified atom stereocenters. The number of fused-ring (bicyclic) bond motifs is 10. The second-order valence-electron chi connectivity index (χ2n) is 14.0. The summed E-state index contributed by atoms with van der Waals surface area (Å²) in [5.41, 5.74) is 15.9. The third-order valence-corrected chi connectivity index (χ3v) is 11.5. The van der Waals surface area contributed by atoms with Crippen LogP contribution >= 0.6 is 0 Å². The van der Waals surface area contributed by atoms with Crippen LogP contribution in [0.25, 0.3) is 121 Å². The third kappa shape index (κ3) is 3.40. The number of benzene rings is 10. The fraction of sp³-hybridized carbons (Fsp3) is 0. The summed E-state index contributed by atoms with van der Waals surface area (Å²) in [7, 11) is 0. The summed E-state index contributed by atoms with van der Waals surface area (Å²) >= 11 is 0. The maximum Gasteiger partial charge on any atom is -0.000740 e. The van der Waals surface area contributed by atoms with E-state index >= 15 is 0 Å². The predicted octanol–water partition coefficient (Wildman–Crippen LogP) is 14.1. The Morgan fingerprint density at radius 1 is 0.220 bits per heavy atom. The second kappa shape index (κ2) is 9.56. The van der Waals surface area contributed by atoms with E-state index in [0.29, 0.717) is 0 Å². The molecule has 2 aliphatic rings. The molecule has 0 amide bonds. The lowest BCUT2D eigenvalue weighted by Gasteiger charge is -2.21. The largest absolute Gasteiger partial charge is 0.0616 e. The van der Waals surface area contributed by atoms with Crippen LogP contribution in [0, 0.1) is 0 Å². The van der Waals surface area contributed by atoms with Crippen molar-refractivity contribution in [3.8, 4) is 66.8 Å². The van der Waals surface area contributed by atoms with Crippen LogP contribution in [0.3, 0.4) is 0 Å². The van der Waals surface area contributed by atoms with Gasteiger partial charge in [-0.05, 0) is 145 Å². The molecule has 10 aromatic carbocycles. The minimum atomic E-state index is 1.26. The van der Waals surface area contributed by atoms with Gasteiger partial charge in [-0.25, -0.2) is 0 Å². The first-order valence-corrected chi connectivity index (χ1v) is 17.5. The molecule has 0 aromatic heterocycles. The monoisotopic (exact) mass is 628 g/mol. The predicted molar refractivity (Wildman–Crippen MR) is 214 cm³/mol. The fourth-order valence-corrected chi connectivity index (χ4v) is 9.32. The zero-order chi connectivity index (χ0) is 32.5. The molecule has 2 aliphatic carbocycles. The van der Waals surface area contributed by atoms with Gasteiger partial charge < -0.3 is 0 Å². The molecule has 228 valence electrons. The molecule has 0 radical (unpaired) electrons. The van der Waals surface area contributed by atoms with E-state index in [1.54, 1.807) is 0 Å². The quantitative estimate of drug-likeness (QED) is 0.167. The van der Waals surface area contributed by atoms with Crippen molar-refractivity contribution in [3.05, 3.63) is 170 Å². The average Bonchev–Trinajstić information content (AvgIpc) is 3.68. The van der Waals surface area contributed by atoms with Crippen LogP contribution in [-0.2, 0) is 0 Å². The van der Waals surface area contributed by atoms with E-state index in [-0.39, 0.29) is 0 Å². The highest BCUT2D eigenvalue weighted by Gasteiger charge is 2.34. The molecule has 12 rings (SSSR count). The summed E-state index contributed by atoms with van der Waals surface area (Å²) < 4.78 is 0. The zero-order valence-corrected chi connectivity index (χ0v) is 27.2. The maximum absolute atomic E-state index is 2.45. The van der Waals surface area contributed by atoms with Gasteiger partial charge in [0, 0.05) is 0 Å². The van der Waals surface area contributed by atoms with Crippen molar-refractivity contribution in [1.29, 1.82) is 0 Å². The van der Waals surface area contributed by atoms with E-state index in [2.05, 4.69) is 170 Å². The van der Waals surface area contributed by atoms with Gasteiger partial charge >= 0.3 is 0 Å². The number of rotatable bonds is 2. The highest BCUT2D eigenvalue weighted by atomic mass is 14.4. The molecule has 0 heterocycles. The van der Waals surface area contributed by atoms with Crippen molar-refractivity contribution in [3.63, 3.8) is 0 Å². The van der Waals surface area contributed by atoms with E-state index in [1.165, 1.54) is 121 Å². The molecular formula is C50H28. The van der Waals surface area contributed by atoms with Crippen LogP contribution in [0.4, 0.5) is 0 Å². The Labute approximate surface area is 289 Å². The Morgan fingerprint density at radius 2 is 0.580 bits per heavy atom. The second-order valence-corrected chi connectivity index (χ2v) is 14.0. The summed E-state index contributed by atoms with van der Waals surface area (Å²) in [4.78, 5) is 0. The lowest BCUT2D eigenvalue weighted by Crippen LogP contribution is -1.94. The van der Waals surface area contributed by atoms with Gasteiger partial charge in [-0.1, -0.05) is 146 Å². The summed E-state index contributed by atoms with van der Waals surface area (Å²) in [6, 6.07) is 63.8. The van der Waals surface area contributed by atoms with E-state index in [1.807, 2.05) is 0 Å². The molecule has 0 N–H and O–H groups in total. The van der Waals surface area contributed by atoms with Crippen LogP contribution in [0.15, 0.2) is 170 Å². The standard InChI is InChI=1S/C50H28/c1-3-11-31-25-35(19-17-29(31)9-1)45-43-27-33-13-5-6-14-34(33)28-44(43)46(36-20-18-30-10-2-4-12-32(30)26-36)50-42-24-22-40-38-16-8-7-15-37(38)39-21-23-41(49(45)50)48(42)47(39)40/h1-28H. The minimum absolute atomic E-state index is 1.26. The van der Waals surface area contributed by atoms with Gasteiger partial charge in [-0.2, -0.15) is 0 Å². The van der Waals surface area contributed by atoms with E-state index in [9.17, 15) is 0 Å². The lowest BCUT2D eigenvalue weighted by atomic mass is 9.81. The third-order valence-electron chi connectivity index (χ3n) is 11.5.